The van der Waals surface area contributed by atoms with Crippen molar-refractivity contribution in [2.45, 2.75) is 44.2 Å². The first kappa shape index (κ1) is 13.8. The molecule has 1 aromatic rings. The van der Waals surface area contributed by atoms with E-state index in [2.05, 4.69) is 0 Å². The molecule has 3 rings (SSSR count). The number of nitrogens with two attached hydrogens (primary N) is 1. The molecule has 2 unspecified atom stereocenters. The first-order chi connectivity index (χ1) is 9.03. The van der Waals surface area contributed by atoms with Crippen molar-refractivity contribution >= 4 is 34.8 Å². The van der Waals surface area contributed by atoms with Crippen LogP contribution in [0.5, 0.6) is 5.75 Å². The summed E-state index contributed by atoms with van der Waals surface area (Å²) in [5.74, 6) is 0.538. The van der Waals surface area contributed by atoms with Crippen molar-refractivity contribution in [3.63, 3.8) is 0 Å². The third-order valence-corrected chi connectivity index (χ3v) is 5.39. The summed E-state index contributed by atoms with van der Waals surface area (Å²) in [6.07, 6.45) is 5.74. The van der Waals surface area contributed by atoms with Crippen LogP contribution in [0.25, 0.3) is 0 Å². The van der Waals surface area contributed by atoms with Crippen molar-refractivity contribution in [1.82, 2.24) is 0 Å². The third-order valence-electron chi connectivity index (χ3n) is 4.61. The molecule has 0 saturated heterocycles. The normalized spacial score (nSPS) is 28.4. The summed E-state index contributed by atoms with van der Waals surface area (Å²) < 4.78 is 6.07. The third kappa shape index (κ3) is 2.23. The highest BCUT2D eigenvalue weighted by Gasteiger charge is 2.56. The Hall–Kier alpha value is -0.150. The molecule has 0 aromatic heterocycles. The fraction of sp³-hybridized carbons (Fsp3) is 0.571. The van der Waals surface area contributed by atoms with Gasteiger partial charge in [0.25, 0.3) is 0 Å². The monoisotopic (exact) mass is 319 g/mol. The second-order valence-corrected chi connectivity index (χ2v) is 6.84. The number of hydrogen-bond acceptors (Lipinski definition) is 2. The van der Waals surface area contributed by atoms with E-state index in [1.165, 1.54) is 12.8 Å². The van der Waals surface area contributed by atoms with Gasteiger partial charge < -0.3 is 10.5 Å². The molecule has 19 heavy (non-hydrogen) atoms. The Kier molecular flexibility index (Phi) is 3.63. The minimum Gasteiger partial charge on any atom is -0.487 e. The van der Waals surface area contributed by atoms with Crippen molar-refractivity contribution in [2.75, 3.05) is 0 Å². The molecule has 2 fully saturated rings. The summed E-state index contributed by atoms with van der Waals surface area (Å²) >= 11 is 18.2. The van der Waals surface area contributed by atoms with Gasteiger partial charge in [-0.05, 0) is 25.0 Å². The van der Waals surface area contributed by atoms with Crippen molar-refractivity contribution in [3.05, 3.63) is 27.2 Å². The Morgan fingerprint density at radius 2 is 1.68 bits per heavy atom. The topological polar surface area (TPSA) is 35.2 Å². The van der Waals surface area contributed by atoms with Crippen LogP contribution in [0.2, 0.25) is 15.1 Å². The summed E-state index contributed by atoms with van der Waals surface area (Å²) in [5.41, 5.74) is 6.33. The van der Waals surface area contributed by atoms with Crippen LogP contribution in [0.15, 0.2) is 12.1 Å². The van der Waals surface area contributed by atoms with Gasteiger partial charge in [0.2, 0.25) is 0 Å². The Labute approximate surface area is 128 Å². The molecule has 2 atom stereocenters. The molecule has 2 saturated carbocycles. The number of rotatable bonds is 2. The molecule has 1 aromatic carbocycles. The van der Waals surface area contributed by atoms with E-state index in [0.29, 0.717) is 20.8 Å². The molecule has 0 heterocycles. The largest absolute Gasteiger partial charge is 0.487 e. The van der Waals surface area contributed by atoms with Crippen LogP contribution in [0, 0.1) is 5.41 Å². The molecule has 1 spiro atoms. The Bertz CT molecular complexity index is 476. The molecule has 2 nitrogen and oxygen atoms in total. The van der Waals surface area contributed by atoms with Crippen LogP contribution in [-0.2, 0) is 0 Å². The Balaban J connectivity index is 1.83. The second-order valence-electron chi connectivity index (χ2n) is 5.59. The van der Waals surface area contributed by atoms with Gasteiger partial charge in [-0.3, -0.25) is 0 Å². The Morgan fingerprint density at radius 1 is 1.11 bits per heavy atom. The molecule has 2 aliphatic carbocycles. The van der Waals surface area contributed by atoms with Crippen LogP contribution in [-0.4, -0.2) is 12.1 Å². The number of ether oxygens (including phenoxy) is 1. The highest BCUT2D eigenvalue weighted by molar-refractivity contribution is 6.40. The van der Waals surface area contributed by atoms with E-state index in [-0.39, 0.29) is 17.6 Å². The summed E-state index contributed by atoms with van der Waals surface area (Å²) in [7, 11) is 0. The fourth-order valence-corrected chi connectivity index (χ4v) is 4.36. The lowest BCUT2D eigenvalue weighted by Gasteiger charge is -2.52. The molecule has 0 aliphatic heterocycles. The van der Waals surface area contributed by atoms with E-state index in [1.54, 1.807) is 12.1 Å². The van der Waals surface area contributed by atoms with Crippen LogP contribution >= 0.6 is 34.8 Å². The van der Waals surface area contributed by atoms with Gasteiger partial charge in [-0.2, -0.15) is 0 Å². The van der Waals surface area contributed by atoms with Gasteiger partial charge in [0.15, 0.2) is 5.75 Å². The average Bonchev–Trinajstić information content (AvgIpc) is 2.84. The zero-order valence-electron chi connectivity index (χ0n) is 10.5. The molecule has 0 amide bonds. The maximum Gasteiger partial charge on any atom is 0.157 e. The SMILES string of the molecule is NC1CC(Oc2c(Cl)cc(Cl)cc2Cl)C12CCCC2. The van der Waals surface area contributed by atoms with Crippen molar-refractivity contribution < 1.29 is 4.74 Å². The Morgan fingerprint density at radius 3 is 2.21 bits per heavy atom. The summed E-state index contributed by atoms with van der Waals surface area (Å²) in [6.45, 7) is 0. The summed E-state index contributed by atoms with van der Waals surface area (Å²) in [4.78, 5) is 0. The minimum atomic E-state index is 0.126. The molecule has 0 bridgehead atoms. The van der Waals surface area contributed by atoms with Gasteiger partial charge in [0, 0.05) is 22.9 Å². The molecule has 2 N–H and O–H groups in total. The summed E-state index contributed by atoms with van der Waals surface area (Å²) in [5, 5.41) is 1.44. The van der Waals surface area contributed by atoms with Crippen LogP contribution in [0.4, 0.5) is 0 Å². The molecular formula is C14H16Cl3NO. The molecule has 0 radical (unpaired) electrons. The number of benzene rings is 1. The molecule has 5 heteroatoms. The lowest BCUT2D eigenvalue weighted by Crippen LogP contribution is -2.62. The van der Waals surface area contributed by atoms with Gasteiger partial charge in [-0.15, -0.1) is 0 Å². The second kappa shape index (κ2) is 5.00. The van der Waals surface area contributed by atoms with E-state index < -0.39 is 0 Å². The lowest BCUT2D eigenvalue weighted by atomic mass is 9.61. The van der Waals surface area contributed by atoms with Crippen molar-refractivity contribution in [2.24, 2.45) is 11.1 Å². The molecule has 104 valence electrons. The highest BCUT2D eigenvalue weighted by Crippen LogP contribution is 2.54. The molecular weight excluding hydrogens is 305 g/mol. The maximum absolute atomic E-state index is 6.20. The van der Waals surface area contributed by atoms with Gasteiger partial charge in [0.05, 0.1) is 10.0 Å². The maximum atomic E-state index is 6.20. The van der Waals surface area contributed by atoms with Crippen LogP contribution in [0.3, 0.4) is 0 Å². The average molecular weight is 321 g/mol. The number of hydrogen-bond donors (Lipinski definition) is 1. The van der Waals surface area contributed by atoms with Gasteiger partial charge in [0.1, 0.15) is 6.10 Å². The quantitative estimate of drug-likeness (QED) is 0.858. The van der Waals surface area contributed by atoms with E-state index in [9.17, 15) is 0 Å². The standard InChI is InChI=1S/C14H16Cl3NO/c15-8-5-9(16)13(10(17)6-8)19-12-7-11(18)14(12)3-1-2-4-14/h5-6,11-12H,1-4,7,18H2. The van der Waals surface area contributed by atoms with E-state index in [0.717, 1.165) is 19.3 Å². The van der Waals surface area contributed by atoms with Crippen LogP contribution in [0.1, 0.15) is 32.1 Å². The lowest BCUT2D eigenvalue weighted by molar-refractivity contribution is -0.0619. The summed E-state index contributed by atoms with van der Waals surface area (Å²) in [6, 6.07) is 3.55. The highest BCUT2D eigenvalue weighted by atomic mass is 35.5. The molecule has 2 aliphatic rings. The van der Waals surface area contributed by atoms with E-state index >= 15 is 0 Å². The van der Waals surface area contributed by atoms with Crippen molar-refractivity contribution in [1.29, 1.82) is 0 Å². The zero-order chi connectivity index (χ0) is 13.6. The minimum absolute atomic E-state index is 0.126. The van der Waals surface area contributed by atoms with Gasteiger partial charge in [-0.1, -0.05) is 47.6 Å². The number of halogens is 3. The van der Waals surface area contributed by atoms with E-state index in [1.807, 2.05) is 0 Å². The van der Waals surface area contributed by atoms with Gasteiger partial charge in [-0.25, -0.2) is 0 Å². The first-order valence-corrected chi connectivity index (χ1v) is 7.73. The van der Waals surface area contributed by atoms with Crippen LogP contribution < -0.4 is 10.5 Å². The zero-order valence-corrected chi connectivity index (χ0v) is 12.7. The van der Waals surface area contributed by atoms with E-state index in [4.69, 9.17) is 45.3 Å². The van der Waals surface area contributed by atoms with Gasteiger partial charge >= 0.3 is 0 Å². The smallest absolute Gasteiger partial charge is 0.157 e. The first-order valence-electron chi connectivity index (χ1n) is 6.60. The predicted octanol–water partition coefficient (Wildman–Crippen LogP) is 4.69. The predicted molar refractivity (Wildman–Crippen MR) is 79.4 cm³/mol. The van der Waals surface area contributed by atoms with Crippen molar-refractivity contribution in [3.8, 4) is 5.75 Å². The fourth-order valence-electron chi connectivity index (χ4n) is 3.45.